The SMILES string of the molecule is CC(Sc1ncnc2nc[nH]c12)C(=O)Nc1ccc(Cl)cc1. The molecule has 2 heterocycles. The molecule has 2 aromatic heterocycles. The van der Waals surface area contributed by atoms with Crippen molar-refractivity contribution in [3.63, 3.8) is 0 Å². The highest BCUT2D eigenvalue weighted by Crippen LogP contribution is 2.26. The van der Waals surface area contributed by atoms with Gasteiger partial charge in [-0.2, -0.15) is 0 Å². The minimum atomic E-state index is -0.322. The van der Waals surface area contributed by atoms with Crippen LogP contribution >= 0.6 is 23.4 Å². The summed E-state index contributed by atoms with van der Waals surface area (Å²) in [5.74, 6) is -0.112. The van der Waals surface area contributed by atoms with E-state index in [1.807, 2.05) is 6.92 Å². The fourth-order valence-electron chi connectivity index (χ4n) is 1.83. The fourth-order valence-corrected chi connectivity index (χ4v) is 2.83. The summed E-state index contributed by atoms with van der Waals surface area (Å²) >= 11 is 7.17. The number of imidazole rings is 1. The van der Waals surface area contributed by atoms with E-state index in [1.165, 1.54) is 18.1 Å². The lowest BCUT2D eigenvalue weighted by Gasteiger charge is -2.11. The van der Waals surface area contributed by atoms with Gasteiger partial charge in [0.1, 0.15) is 16.9 Å². The molecule has 0 aliphatic carbocycles. The Balaban J connectivity index is 1.71. The van der Waals surface area contributed by atoms with E-state index in [1.54, 1.807) is 30.6 Å². The van der Waals surface area contributed by atoms with E-state index < -0.39 is 0 Å². The maximum Gasteiger partial charge on any atom is 0.237 e. The average molecular weight is 334 g/mol. The number of benzene rings is 1. The molecule has 1 amide bonds. The Kier molecular flexibility index (Phi) is 4.26. The number of hydrogen-bond acceptors (Lipinski definition) is 5. The third-order valence-electron chi connectivity index (χ3n) is 2.96. The second-order valence-corrected chi connectivity index (χ2v) is 6.30. The molecule has 0 radical (unpaired) electrons. The van der Waals surface area contributed by atoms with E-state index in [0.29, 0.717) is 21.4 Å². The molecule has 8 heteroatoms. The van der Waals surface area contributed by atoms with Gasteiger partial charge in [0.25, 0.3) is 0 Å². The van der Waals surface area contributed by atoms with Crippen LogP contribution < -0.4 is 5.32 Å². The number of thioether (sulfide) groups is 1. The van der Waals surface area contributed by atoms with Crippen LogP contribution in [0.5, 0.6) is 0 Å². The maximum atomic E-state index is 12.2. The molecule has 3 aromatic rings. The van der Waals surface area contributed by atoms with E-state index in [4.69, 9.17) is 11.6 Å². The molecule has 6 nitrogen and oxygen atoms in total. The van der Waals surface area contributed by atoms with Gasteiger partial charge in [-0.1, -0.05) is 23.4 Å². The molecule has 0 aliphatic heterocycles. The monoisotopic (exact) mass is 333 g/mol. The lowest BCUT2D eigenvalue weighted by molar-refractivity contribution is -0.115. The molecule has 1 aromatic carbocycles. The zero-order chi connectivity index (χ0) is 15.5. The summed E-state index contributed by atoms with van der Waals surface area (Å²) < 4.78 is 0. The zero-order valence-corrected chi connectivity index (χ0v) is 13.1. The molecule has 112 valence electrons. The third-order valence-corrected chi connectivity index (χ3v) is 4.31. The fraction of sp³-hybridized carbons (Fsp3) is 0.143. The number of carbonyl (C=O) groups excluding carboxylic acids is 1. The van der Waals surface area contributed by atoms with Crippen molar-refractivity contribution in [1.29, 1.82) is 0 Å². The van der Waals surface area contributed by atoms with Gasteiger partial charge in [-0.05, 0) is 31.2 Å². The molecule has 0 saturated heterocycles. The molecule has 0 fully saturated rings. The lowest BCUT2D eigenvalue weighted by Crippen LogP contribution is -2.22. The van der Waals surface area contributed by atoms with Crippen LogP contribution in [-0.2, 0) is 4.79 Å². The number of aromatic nitrogens is 4. The first-order valence-corrected chi connectivity index (χ1v) is 7.76. The van der Waals surface area contributed by atoms with Crippen LogP contribution in [-0.4, -0.2) is 31.1 Å². The first-order valence-electron chi connectivity index (χ1n) is 6.50. The van der Waals surface area contributed by atoms with Gasteiger partial charge in [-0.3, -0.25) is 4.79 Å². The van der Waals surface area contributed by atoms with Gasteiger partial charge in [0, 0.05) is 10.7 Å². The topological polar surface area (TPSA) is 83.6 Å². The van der Waals surface area contributed by atoms with E-state index in [0.717, 1.165) is 5.52 Å². The number of amides is 1. The van der Waals surface area contributed by atoms with Crippen LogP contribution in [0.25, 0.3) is 11.2 Å². The van der Waals surface area contributed by atoms with Crippen molar-refractivity contribution >= 4 is 46.1 Å². The summed E-state index contributed by atoms with van der Waals surface area (Å²) in [4.78, 5) is 27.6. The van der Waals surface area contributed by atoms with E-state index in [2.05, 4.69) is 25.3 Å². The quantitative estimate of drug-likeness (QED) is 0.566. The molecule has 22 heavy (non-hydrogen) atoms. The maximum absolute atomic E-state index is 12.2. The number of carbonyl (C=O) groups is 1. The second-order valence-electron chi connectivity index (χ2n) is 4.54. The lowest BCUT2D eigenvalue weighted by atomic mass is 10.3. The number of nitrogens with zero attached hydrogens (tertiary/aromatic N) is 3. The standard InChI is InChI=1S/C14H12ClN5OS/c1-8(13(21)20-10-4-2-9(15)3-5-10)22-14-11-12(17-6-16-11)18-7-19-14/h2-8H,1H3,(H,20,21)(H,16,17,18,19). The second kappa shape index (κ2) is 6.33. The first kappa shape index (κ1) is 14.8. The molecule has 0 saturated carbocycles. The summed E-state index contributed by atoms with van der Waals surface area (Å²) in [6.07, 6.45) is 3.00. The van der Waals surface area contributed by atoms with Crippen LogP contribution in [0.1, 0.15) is 6.92 Å². The van der Waals surface area contributed by atoms with Gasteiger partial charge in [0.05, 0.1) is 11.6 Å². The Morgan fingerprint density at radius 2 is 2.05 bits per heavy atom. The molecule has 1 unspecified atom stereocenters. The van der Waals surface area contributed by atoms with Crippen LogP contribution in [0, 0.1) is 0 Å². The number of rotatable bonds is 4. The predicted molar refractivity (Wildman–Crippen MR) is 87.1 cm³/mol. The molecule has 0 spiro atoms. The van der Waals surface area contributed by atoms with Crippen molar-refractivity contribution < 1.29 is 4.79 Å². The van der Waals surface area contributed by atoms with Gasteiger partial charge in [-0.25, -0.2) is 15.0 Å². The van der Waals surface area contributed by atoms with Crippen LogP contribution in [0.3, 0.4) is 0 Å². The summed E-state index contributed by atoms with van der Waals surface area (Å²) in [5.41, 5.74) is 2.03. The molecule has 2 N–H and O–H groups in total. The normalized spacial score (nSPS) is 12.3. The average Bonchev–Trinajstić information content (AvgIpc) is 2.99. The number of nitrogens with one attached hydrogen (secondary N) is 2. The van der Waals surface area contributed by atoms with Crippen LogP contribution in [0.2, 0.25) is 5.02 Å². The van der Waals surface area contributed by atoms with Gasteiger partial charge >= 0.3 is 0 Å². The summed E-state index contributed by atoms with van der Waals surface area (Å²) in [5, 5.41) is 3.84. The Morgan fingerprint density at radius 1 is 1.27 bits per heavy atom. The Bertz CT molecular complexity index is 804. The Hall–Kier alpha value is -2.12. The van der Waals surface area contributed by atoms with Gasteiger partial charge in [-0.15, -0.1) is 0 Å². The van der Waals surface area contributed by atoms with Gasteiger partial charge in [0.2, 0.25) is 5.91 Å². The number of aromatic amines is 1. The Labute approximate surface area is 135 Å². The highest BCUT2D eigenvalue weighted by atomic mass is 35.5. The van der Waals surface area contributed by atoms with Gasteiger partial charge < -0.3 is 10.3 Å². The van der Waals surface area contributed by atoms with Crippen LogP contribution in [0.4, 0.5) is 5.69 Å². The smallest absolute Gasteiger partial charge is 0.237 e. The minimum Gasteiger partial charge on any atom is -0.341 e. The van der Waals surface area contributed by atoms with Crippen molar-refractivity contribution in [1.82, 2.24) is 19.9 Å². The third kappa shape index (κ3) is 3.20. The molecule has 3 rings (SSSR count). The van der Waals surface area contributed by atoms with E-state index >= 15 is 0 Å². The highest BCUT2D eigenvalue weighted by molar-refractivity contribution is 8.00. The number of fused-ring (bicyclic) bond motifs is 1. The molecular weight excluding hydrogens is 322 g/mol. The van der Waals surface area contributed by atoms with Crippen LogP contribution in [0.15, 0.2) is 41.9 Å². The Morgan fingerprint density at radius 3 is 2.82 bits per heavy atom. The van der Waals surface area contributed by atoms with Gasteiger partial charge in [0.15, 0.2) is 5.65 Å². The first-order chi connectivity index (χ1) is 10.6. The number of hydrogen-bond donors (Lipinski definition) is 2. The molecular formula is C14H12ClN5OS. The van der Waals surface area contributed by atoms with Crippen molar-refractivity contribution in [2.75, 3.05) is 5.32 Å². The molecule has 1 atom stereocenters. The number of H-pyrrole nitrogens is 1. The van der Waals surface area contributed by atoms with Crippen molar-refractivity contribution in [2.24, 2.45) is 0 Å². The summed E-state index contributed by atoms with van der Waals surface area (Å²) in [6, 6.07) is 6.98. The highest BCUT2D eigenvalue weighted by Gasteiger charge is 2.17. The van der Waals surface area contributed by atoms with Crippen molar-refractivity contribution in [3.8, 4) is 0 Å². The minimum absolute atomic E-state index is 0.112. The van der Waals surface area contributed by atoms with E-state index in [-0.39, 0.29) is 11.2 Å². The predicted octanol–water partition coefficient (Wildman–Crippen LogP) is 3.13. The van der Waals surface area contributed by atoms with Crippen molar-refractivity contribution in [3.05, 3.63) is 41.9 Å². The molecule has 0 aliphatic rings. The largest absolute Gasteiger partial charge is 0.341 e. The molecule has 0 bridgehead atoms. The van der Waals surface area contributed by atoms with Crippen molar-refractivity contribution in [2.45, 2.75) is 17.2 Å². The number of anilines is 1. The zero-order valence-electron chi connectivity index (χ0n) is 11.6. The van der Waals surface area contributed by atoms with E-state index in [9.17, 15) is 4.79 Å². The number of halogens is 1. The summed E-state index contributed by atoms with van der Waals surface area (Å²) in [6.45, 7) is 1.82. The summed E-state index contributed by atoms with van der Waals surface area (Å²) in [7, 11) is 0.